The summed E-state index contributed by atoms with van der Waals surface area (Å²) in [7, 11) is 0. The predicted molar refractivity (Wildman–Crippen MR) is 344 cm³/mol. The van der Waals surface area contributed by atoms with Crippen LogP contribution in [0.2, 0.25) is 0 Å². The number of carbonyl (C=O) groups is 3. The van der Waals surface area contributed by atoms with E-state index in [0.29, 0.717) is 19.3 Å². The summed E-state index contributed by atoms with van der Waals surface area (Å²) in [5.74, 6) is -0.882. The van der Waals surface area contributed by atoms with Crippen LogP contribution in [0.3, 0.4) is 0 Å². The Kier molecular flexibility index (Phi) is 65.6. The first kappa shape index (κ1) is 76.4. The van der Waals surface area contributed by atoms with Gasteiger partial charge in [0.05, 0.1) is 0 Å². The highest BCUT2D eigenvalue weighted by molar-refractivity contribution is 5.71. The first-order chi connectivity index (χ1) is 39.0. The quantitative estimate of drug-likeness (QED) is 0.0261. The van der Waals surface area contributed by atoms with E-state index >= 15 is 0 Å². The molecular weight excluding hydrogens is 973 g/mol. The van der Waals surface area contributed by atoms with Gasteiger partial charge in [-0.1, -0.05) is 313 Å². The smallest absolute Gasteiger partial charge is 0.306 e. The molecule has 0 heterocycles. The van der Waals surface area contributed by atoms with Gasteiger partial charge in [0.2, 0.25) is 0 Å². The number of hydrogen-bond acceptors (Lipinski definition) is 6. The molecule has 6 heteroatoms. The molecule has 0 aliphatic heterocycles. The minimum Gasteiger partial charge on any atom is -0.462 e. The van der Waals surface area contributed by atoms with Gasteiger partial charge in [0, 0.05) is 19.3 Å². The molecular formula is C73H134O6. The number of rotatable bonds is 65. The van der Waals surface area contributed by atoms with Crippen molar-refractivity contribution in [1.29, 1.82) is 0 Å². The molecule has 79 heavy (non-hydrogen) atoms. The minimum atomic E-state index is -0.782. The summed E-state index contributed by atoms with van der Waals surface area (Å²) in [6, 6.07) is 0. The fourth-order valence-electron chi connectivity index (χ4n) is 10.5. The maximum Gasteiger partial charge on any atom is 0.306 e. The van der Waals surface area contributed by atoms with E-state index in [-0.39, 0.29) is 31.1 Å². The third-order valence-corrected chi connectivity index (χ3v) is 15.8. The first-order valence-corrected chi connectivity index (χ1v) is 35.1. The van der Waals surface area contributed by atoms with Gasteiger partial charge < -0.3 is 14.2 Å². The summed E-state index contributed by atoms with van der Waals surface area (Å²) in [6.07, 6.45) is 86.0. The molecule has 0 aliphatic rings. The van der Waals surface area contributed by atoms with Crippen molar-refractivity contribution in [2.45, 2.75) is 386 Å². The second-order valence-corrected chi connectivity index (χ2v) is 23.8. The van der Waals surface area contributed by atoms with Crippen molar-refractivity contribution in [2.24, 2.45) is 0 Å². The topological polar surface area (TPSA) is 78.9 Å². The largest absolute Gasteiger partial charge is 0.462 e. The number of carbonyl (C=O) groups excluding carboxylic acids is 3. The van der Waals surface area contributed by atoms with Gasteiger partial charge in [0.1, 0.15) is 13.2 Å². The molecule has 0 bridgehead atoms. The summed E-state index contributed by atoms with van der Waals surface area (Å²) in [5, 5.41) is 0. The van der Waals surface area contributed by atoms with E-state index in [9.17, 15) is 14.4 Å². The maximum atomic E-state index is 12.9. The fraction of sp³-hybridized carbons (Fsp3) is 0.849. The van der Waals surface area contributed by atoms with Gasteiger partial charge in [0.15, 0.2) is 6.10 Å². The van der Waals surface area contributed by atoms with E-state index in [1.165, 1.54) is 250 Å². The van der Waals surface area contributed by atoms with E-state index in [2.05, 4.69) is 69.4 Å². The Morgan fingerprint density at radius 2 is 0.468 bits per heavy atom. The lowest BCUT2D eigenvalue weighted by atomic mass is 10.0. The van der Waals surface area contributed by atoms with Crippen molar-refractivity contribution in [3.63, 3.8) is 0 Å². The second-order valence-electron chi connectivity index (χ2n) is 23.8. The lowest BCUT2D eigenvalue weighted by molar-refractivity contribution is -0.167. The van der Waals surface area contributed by atoms with Crippen LogP contribution in [0.5, 0.6) is 0 Å². The van der Waals surface area contributed by atoms with E-state index < -0.39 is 6.10 Å². The summed E-state index contributed by atoms with van der Waals surface area (Å²) >= 11 is 0. The number of allylic oxidation sites excluding steroid dienone is 8. The zero-order valence-corrected chi connectivity index (χ0v) is 53.2. The molecule has 0 amide bonds. The van der Waals surface area contributed by atoms with Crippen molar-refractivity contribution in [2.75, 3.05) is 13.2 Å². The molecule has 0 aromatic rings. The van der Waals surface area contributed by atoms with Crippen LogP contribution < -0.4 is 0 Å². The molecule has 0 aromatic heterocycles. The Morgan fingerprint density at radius 3 is 0.772 bits per heavy atom. The summed E-state index contributed by atoms with van der Waals surface area (Å²) in [5.41, 5.74) is 0. The second kappa shape index (κ2) is 67.9. The van der Waals surface area contributed by atoms with Gasteiger partial charge >= 0.3 is 17.9 Å². The van der Waals surface area contributed by atoms with Crippen molar-refractivity contribution in [3.05, 3.63) is 48.6 Å². The Labute approximate surface area is 492 Å². The molecule has 1 unspecified atom stereocenters. The summed E-state index contributed by atoms with van der Waals surface area (Å²) in [6.45, 7) is 6.60. The zero-order valence-electron chi connectivity index (χ0n) is 53.2. The third kappa shape index (κ3) is 66.1. The van der Waals surface area contributed by atoms with Gasteiger partial charge in [-0.2, -0.15) is 0 Å². The van der Waals surface area contributed by atoms with Crippen LogP contribution in [0, 0.1) is 0 Å². The van der Waals surface area contributed by atoms with Crippen LogP contribution >= 0.6 is 0 Å². The lowest BCUT2D eigenvalue weighted by Crippen LogP contribution is -2.30. The number of esters is 3. The molecule has 462 valence electrons. The summed E-state index contributed by atoms with van der Waals surface area (Å²) in [4.78, 5) is 38.2. The normalized spacial score (nSPS) is 12.3. The molecule has 0 spiro atoms. The van der Waals surface area contributed by atoms with Crippen LogP contribution in [0.1, 0.15) is 380 Å². The maximum absolute atomic E-state index is 12.9. The Morgan fingerprint density at radius 1 is 0.253 bits per heavy atom. The Bertz CT molecular complexity index is 1360. The molecule has 6 nitrogen and oxygen atoms in total. The zero-order chi connectivity index (χ0) is 57.1. The van der Waals surface area contributed by atoms with Crippen molar-refractivity contribution >= 4 is 17.9 Å². The number of ether oxygens (including phenoxy) is 3. The van der Waals surface area contributed by atoms with Crippen molar-refractivity contribution in [1.82, 2.24) is 0 Å². The van der Waals surface area contributed by atoms with E-state index in [1.54, 1.807) is 0 Å². The molecule has 0 aromatic carbocycles. The first-order valence-electron chi connectivity index (χ1n) is 35.1. The number of hydrogen-bond donors (Lipinski definition) is 0. The minimum absolute atomic E-state index is 0.0779. The van der Waals surface area contributed by atoms with Crippen LogP contribution in [-0.4, -0.2) is 37.2 Å². The Balaban J connectivity index is 4.02. The van der Waals surface area contributed by atoms with Gasteiger partial charge in [-0.3, -0.25) is 14.4 Å². The standard InChI is InChI=1S/C73H134O6/c1-4-7-10-13-16-19-22-25-27-28-29-30-31-32-33-34-35-36-37-38-39-40-41-42-43-44-45-46-47-49-51-54-57-60-63-66-72(75)78-69-70(68-77-71(74)65-62-59-56-53-50-24-21-18-15-12-9-6-3)79-73(76)67-64-61-58-55-52-48-26-23-20-17-14-11-8-5-2/h14,17-18,21,23,26,28-29,70H,4-13,15-16,19-20,22,24-25,27,30-69H2,1-3H3/b17-14-,21-18-,26-23-,29-28-. The van der Waals surface area contributed by atoms with Crippen LogP contribution in [-0.2, 0) is 28.6 Å². The highest BCUT2D eigenvalue weighted by Crippen LogP contribution is 2.18. The molecule has 0 rings (SSSR count). The highest BCUT2D eigenvalue weighted by Gasteiger charge is 2.19. The van der Waals surface area contributed by atoms with E-state index in [1.807, 2.05) is 0 Å². The van der Waals surface area contributed by atoms with Gasteiger partial charge in [-0.25, -0.2) is 0 Å². The van der Waals surface area contributed by atoms with Crippen LogP contribution in [0.25, 0.3) is 0 Å². The van der Waals surface area contributed by atoms with Crippen LogP contribution in [0.4, 0.5) is 0 Å². The molecule has 0 saturated carbocycles. The molecule has 0 aliphatic carbocycles. The van der Waals surface area contributed by atoms with Gasteiger partial charge in [0.25, 0.3) is 0 Å². The number of unbranched alkanes of at least 4 members (excludes halogenated alkanes) is 46. The van der Waals surface area contributed by atoms with E-state index in [0.717, 1.165) is 89.9 Å². The lowest BCUT2D eigenvalue weighted by Gasteiger charge is -2.18. The molecule has 0 N–H and O–H groups in total. The predicted octanol–water partition coefficient (Wildman–Crippen LogP) is 24.1. The van der Waals surface area contributed by atoms with Crippen LogP contribution in [0.15, 0.2) is 48.6 Å². The highest BCUT2D eigenvalue weighted by atomic mass is 16.6. The van der Waals surface area contributed by atoms with Crippen molar-refractivity contribution < 1.29 is 28.6 Å². The average Bonchev–Trinajstić information content (AvgIpc) is 3.45. The molecule has 0 saturated heterocycles. The summed E-state index contributed by atoms with van der Waals surface area (Å²) < 4.78 is 16.9. The Hall–Kier alpha value is -2.63. The molecule has 0 radical (unpaired) electrons. The third-order valence-electron chi connectivity index (χ3n) is 15.8. The average molecular weight is 1110 g/mol. The fourth-order valence-corrected chi connectivity index (χ4v) is 10.5. The SMILES string of the molecule is CCCC/C=C\C/C=C\CCCCCCCC(=O)OC(COC(=O)CCCCCCC/C=C\CCCCC)COC(=O)CCCCCCCCCCCCCCCCCCCCCCCCC/C=C\CCCCCCCCCC. The van der Waals surface area contributed by atoms with Gasteiger partial charge in [-0.15, -0.1) is 0 Å². The van der Waals surface area contributed by atoms with Crippen molar-refractivity contribution in [3.8, 4) is 0 Å². The van der Waals surface area contributed by atoms with E-state index in [4.69, 9.17) is 14.2 Å². The monoisotopic (exact) mass is 1110 g/mol. The van der Waals surface area contributed by atoms with Gasteiger partial charge in [-0.05, 0) is 96.3 Å². The molecule has 0 fully saturated rings. The molecule has 1 atom stereocenters.